The van der Waals surface area contributed by atoms with Gasteiger partial charge in [-0.25, -0.2) is 0 Å². The summed E-state index contributed by atoms with van der Waals surface area (Å²) >= 11 is 3.73. The highest BCUT2D eigenvalue weighted by atomic mass is 79.9. The van der Waals surface area contributed by atoms with Crippen LogP contribution in [0.5, 0.6) is 5.75 Å². The van der Waals surface area contributed by atoms with Crippen LogP contribution in [0.1, 0.15) is 33.6 Å². The molecule has 1 aromatic rings. The maximum atomic E-state index is 5.65. The molecule has 16 heavy (non-hydrogen) atoms. The lowest BCUT2D eigenvalue weighted by Gasteiger charge is -2.25. The minimum Gasteiger partial charge on any atom is -0.494 e. The fraction of sp³-hybridized carbons (Fsp3) is 0.571. The standard InChI is InChI=1S/C14H21BrO/c1-14(2,3)13(15)10-7-11-16-12-8-5-4-6-9-12/h4-6,8-9,13H,7,10-11H2,1-3H3. The van der Waals surface area contributed by atoms with Gasteiger partial charge in [0.05, 0.1) is 6.61 Å². The van der Waals surface area contributed by atoms with E-state index in [0.717, 1.165) is 25.2 Å². The highest BCUT2D eigenvalue weighted by molar-refractivity contribution is 9.09. The molecule has 1 atom stereocenters. The molecule has 1 nitrogen and oxygen atoms in total. The van der Waals surface area contributed by atoms with Crippen LogP contribution < -0.4 is 4.74 Å². The molecule has 0 aromatic heterocycles. The minimum atomic E-state index is 0.326. The average molecular weight is 285 g/mol. The first-order chi connectivity index (χ1) is 7.50. The van der Waals surface area contributed by atoms with Crippen molar-refractivity contribution < 1.29 is 4.74 Å². The zero-order valence-electron chi connectivity index (χ0n) is 10.4. The van der Waals surface area contributed by atoms with Crippen LogP contribution in [0.2, 0.25) is 0 Å². The van der Waals surface area contributed by atoms with Crippen molar-refractivity contribution in [2.45, 2.75) is 38.4 Å². The van der Waals surface area contributed by atoms with Crippen molar-refractivity contribution in [1.29, 1.82) is 0 Å². The summed E-state index contributed by atoms with van der Waals surface area (Å²) in [6, 6.07) is 9.99. The molecule has 0 N–H and O–H groups in total. The molecular formula is C14H21BrO. The van der Waals surface area contributed by atoms with Crippen molar-refractivity contribution in [3.05, 3.63) is 30.3 Å². The molecule has 0 spiro atoms. The van der Waals surface area contributed by atoms with E-state index in [2.05, 4.69) is 36.7 Å². The Kier molecular flexibility index (Phi) is 5.33. The molecule has 0 saturated heterocycles. The second-order valence-corrected chi connectivity index (χ2v) is 6.24. The van der Waals surface area contributed by atoms with Crippen molar-refractivity contribution >= 4 is 15.9 Å². The lowest BCUT2D eigenvalue weighted by Crippen LogP contribution is -2.20. The van der Waals surface area contributed by atoms with Crippen LogP contribution >= 0.6 is 15.9 Å². The van der Waals surface area contributed by atoms with Crippen LogP contribution in [0.3, 0.4) is 0 Å². The predicted molar refractivity (Wildman–Crippen MR) is 73.3 cm³/mol. The number of hydrogen-bond donors (Lipinski definition) is 0. The third kappa shape index (κ3) is 5.02. The van der Waals surface area contributed by atoms with Crippen molar-refractivity contribution in [2.24, 2.45) is 5.41 Å². The zero-order valence-corrected chi connectivity index (χ0v) is 12.0. The molecule has 1 aromatic carbocycles. The van der Waals surface area contributed by atoms with Crippen molar-refractivity contribution in [2.75, 3.05) is 6.61 Å². The summed E-state index contributed by atoms with van der Waals surface area (Å²) in [5.41, 5.74) is 0.326. The Balaban J connectivity index is 2.18. The smallest absolute Gasteiger partial charge is 0.119 e. The average Bonchev–Trinajstić information content (AvgIpc) is 2.24. The van der Waals surface area contributed by atoms with Crippen LogP contribution in [0.15, 0.2) is 30.3 Å². The highest BCUT2D eigenvalue weighted by Crippen LogP contribution is 2.29. The van der Waals surface area contributed by atoms with Gasteiger partial charge in [-0.3, -0.25) is 0 Å². The molecule has 1 rings (SSSR count). The second-order valence-electron chi connectivity index (χ2n) is 5.14. The molecule has 2 heteroatoms. The topological polar surface area (TPSA) is 9.23 Å². The third-order valence-corrected chi connectivity index (χ3v) is 4.38. The largest absolute Gasteiger partial charge is 0.494 e. The summed E-state index contributed by atoms with van der Waals surface area (Å²) < 4.78 is 5.65. The van der Waals surface area contributed by atoms with Crippen molar-refractivity contribution in [1.82, 2.24) is 0 Å². The molecule has 0 heterocycles. The van der Waals surface area contributed by atoms with Gasteiger partial charge in [-0.1, -0.05) is 54.9 Å². The Morgan fingerprint density at radius 3 is 2.38 bits per heavy atom. The first-order valence-electron chi connectivity index (χ1n) is 5.82. The van der Waals surface area contributed by atoms with Crippen molar-refractivity contribution in [3.8, 4) is 5.75 Å². The van der Waals surface area contributed by atoms with Gasteiger partial charge >= 0.3 is 0 Å². The molecule has 0 bridgehead atoms. The van der Waals surface area contributed by atoms with Gasteiger partial charge in [-0.05, 0) is 30.4 Å². The van der Waals surface area contributed by atoms with E-state index in [0.29, 0.717) is 10.2 Å². The van der Waals surface area contributed by atoms with Gasteiger partial charge in [0.1, 0.15) is 5.75 Å². The van der Waals surface area contributed by atoms with Crippen LogP contribution in [0.4, 0.5) is 0 Å². The molecule has 0 radical (unpaired) electrons. The van der Waals surface area contributed by atoms with Gasteiger partial charge in [0.25, 0.3) is 0 Å². The Bertz CT molecular complexity index is 289. The zero-order chi connectivity index (χ0) is 12.0. The number of benzene rings is 1. The quantitative estimate of drug-likeness (QED) is 0.565. The van der Waals surface area contributed by atoms with Gasteiger partial charge in [0.15, 0.2) is 0 Å². The number of rotatable bonds is 5. The predicted octanol–water partition coefficient (Wildman–Crippen LogP) is 4.66. The SMILES string of the molecule is CC(C)(C)C(Br)CCCOc1ccccc1. The highest BCUT2D eigenvalue weighted by Gasteiger charge is 2.20. The van der Waals surface area contributed by atoms with E-state index in [9.17, 15) is 0 Å². The number of hydrogen-bond acceptors (Lipinski definition) is 1. The van der Waals surface area contributed by atoms with Gasteiger partial charge in [-0.15, -0.1) is 0 Å². The van der Waals surface area contributed by atoms with Gasteiger partial charge < -0.3 is 4.74 Å². The maximum Gasteiger partial charge on any atom is 0.119 e. The molecule has 0 amide bonds. The number of halogens is 1. The molecule has 90 valence electrons. The summed E-state index contributed by atoms with van der Waals surface area (Å²) in [5, 5.41) is 0. The summed E-state index contributed by atoms with van der Waals surface area (Å²) in [6.45, 7) is 7.56. The molecule has 0 aliphatic heterocycles. The van der Waals surface area contributed by atoms with E-state index < -0.39 is 0 Å². The van der Waals surface area contributed by atoms with Crippen LogP contribution in [0, 0.1) is 5.41 Å². The Labute approximate surface area is 107 Å². The second kappa shape index (κ2) is 6.29. The first kappa shape index (κ1) is 13.6. The summed E-state index contributed by atoms with van der Waals surface area (Å²) in [5.74, 6) is 0.962. The maximum absolute atomic E-state index is 5.65. The lowest BCUT2D eigenvalue weighted by molar-refractivity contribution is 0.291. The minimum absolute atomic E-state index is 0.326. The van der Waals surface area contributed by atoms with Crippen molar-refractivity contribution in [3.63, 3.8) is 0 Å². The van der Waals surface area contributed by atoms with E-state index in [1.807, 2.05) is 30.3 Å². The fourth-order valence-corrected chi connectivity index (χ4v) is 1.73. The number of para-hydroxylation sites is 1. The Morgan fingerprint density at radius 1 is 1.19 bits per heavy atom. The van der Waals surface area contributed by atoms with E-state index in [1.165, 1.54) is 0 Å². The van der Waals surface area contributed by atoms with E-state index >= 15 is 0 Å². The number of ether oxygens (including phenoxy) is 1. The molecular weight excluding hydrogens is 264 g/mol. The Morgan fingerprint density at radius 2 is 1.81 bits per heavy atom. The summed E-state index contributed by atoms with van der Waals surface area (Å²) in [6.07, 6.45) is 2.23. The summed E-state index contributed by atoms with van der Waals surface area (Å²) in [4.78, 5) is 0.555. The first-order valence-corrected chi connectivity index (χ1v) is 6.73. The molecule has 1 unspecified atom stereocenters. The molecule has 0 aliphatic carbocycles. The number of alkyl halides is 1. The van der Waals surface area contributed by atoms with Gasteiger partial charge in [-0.2, -0.15) is 0 Å². The molecule has 0 saturated carbocycles. The summed E-state index contributed by atoms with van der Waals surface area (Å²) in [7, 11) is 0. The lowest BCUT2D eigenvalue weighted by atomic mass is 9.90. The van der Waals surface area contributed by atoms with Gasteiger partial charge in [0, 0.05) is 4.83 Å². The monoisotopic (exact) mass is 284 g/mol. The van der Waals surface area contributed by atoms with E-state index in [-0.39, 0.29) is 0 Å². The van der Waals surface area contributed by atoms with Gasteiger partial charge in [0.2, 0.25) is 0 Å². The third-order valence-electron chi connectivity index (χ3n) is 2.55. The van der Waals surface area contributed by atoms with Crippen LogP contribution in [-0.2, 0) is 0 Å². The normalized spacial score (nSPS) is 13.5. The van der Waals surface area contributed by atoms with Crippen LogP contribution in [-0.4, -0.2) is 11.4 Å². The fourth-order valence-electron chi connectivity index (χ4n) is 1.40. The molecule has 0 fully saturated rings. The Hall–Kier alpha value is -0.500. The van der Waals surface area contributed by atoms with E-state index in [4.69, 9.17) is 4.74 Å². The van der Waals surface area contributed by atoms with Crippen LogP contribution in [0.25, 0.3) is 0 Å². The molecule has 0 aliphatic rings. The van der Waals surface area contributed by atoms with E-state index in [1.54, 1.807) is 0 Å².